The second kappa shape index (κ2) is 10.5. The Labute approximate surface area is 159 Å². The van der Waals surface area contributed by atoms with Gasteiger partial charge in [-0.25, -0.2) is 4.79 Å². The molecular weight excluding hydrogens is 332 g/mol. The van der Waals surface area contributed by atoms with Gasteiger partial charge in [-0.15, -0.1) is 0 Å². The van der Waals surface area contributed by atoms with Crippen LogP contribution in [0.1, 0.15) is 99.3 Å². The predicted molar refractivity (Wildman–Crippen MR) is 103 cm³/mol. The fraction of sp³-hybridized carbons (Fsp3) is 0.952. The molecule has 0 aromatic carbocycles. The standard InChI is InChI=1S/C21H40O5/c1-7-11-13-16(9-3)15-18(20(5,6)24-19(22)23)21(25-26-21)17(10-4)14-12-8-2/h16-18H,7-15H2,1-6H3,(H,22,23). The van der Waals surface area contributed by atoms with Crippen molar-refractivity contribution >= 4 is 6.16 Å². The highest BCUT2D eigenvalue weighted by Gasteiger charge is 2.65. The molecule has 0 aliphatic carbocycles. The lowest BCUT2D eigenvalue weighted by Crippen LogP contribution is -2.48. The topological polar surface area (TPSA) is 71.6 Å². The molecule has 1 saturated heterocycles. The third-order valence-electron chi connectivity index (χ3n) is 6.03. The second-order valence-electron chi connectivity index (χ2n) is 8.31. The minimum atomic E-state index is -1.24. The fourth-order valence-electron chi connectivity index (χ4n) is 4.27. The van der Waals surface area contributed by atoms with E-state index >= 15 is 0 Å². The zero-order valence-corrected chi connectivity index (χ0v) is 17.7. The van der Waals surface area contributed by atoms with Crippen LogP contribution in [0.15, 0.2) is 0 Å². The zero-order chi connectivity index (χ0) is 19.8. The molecular formula is C21H40O5. The van der Waals surface area contributed by atoms with Gasteiger partial charge in [0.2, 0.25) is 5.79 Å². The second-order valence-corrected chi connectivity index (χ2v) is 8.31. The van der Waals surface area contributed by atoms with Crippen molar-refractivity contribution in [2.24, 2.45) is 17.8 Å². The van der Waals surface area contributed by atoms with Crippen LogP contribution in [0.3, 0.4) is 0 Å². The summed E-state index contributed by atoms with van der Waals surface area (Å²) in [6, 6.07) is 0. The van der Waals surface area contributed by atoms with E-state index in [0.717, 1.165) is 44.9 Å². The fourth-order valence-corrected chi connectivity index (χ4v) is 4.27. The van der Waals surface area contributed by atoms with Crippen LogP contribution in [0.2, 0.25) is 0 Å². The first kappa shape index (κ1) is 23.2. The van der Waals surface area contributed by atoms with Gasteiger partial charge in [-0.05, 0) is 39.0 Å². The van der Waals surface area contributed by atoms with Gasteiger partial charge in [-0.3, -0.25) is 0 Å². The third-order valence-corrected chi connectivity index (χ3v) is 6.03. The molecule has 0 aromatic heterocycles. The Morgan fingerprint density at radius 3 is 2.04 bits per heavy atom. The number of carboxylic acid groups (broad SMARTS) is 1. The van der Waals surface area contributed by atoms with Crippen molar-refractivity contribution in [2.45, 2.75) is 111 Å². The van der Waals surface area contributed by atoms with E-state index < -0.39 is 17.5 Å². The van der Waals surface area contributed by atoms with E-state index in [9.17, 15) is 9.90 Å². The number of carbonyl (C=O) groups is 1. The van der Waals surface area contributed by atoms with E-state index in [2.05, 4.69) is 27.7 Å². The van der Waals surface area contributed by atoms with Gasteiger partial charge in [0.05, 0.1) is 5.92 Å². The van der Waals surface area contributed by atoms with Crippen LogP contribution in [0.25, 0.3) is 0 Å². The Balaban J connectivity index is 3.08. The van der Waals surface area contributed by atoms with Crippen LogP contribution in [-0.2, 0) is 14.5 Å². The molecule has 0 saturated carbocycles. The average molecular weight is 373 g/mol. The number of ether oxygens (including phenoxy) is 1. The van der Waals surface area contributed by atoms with Crippen molar-refractivity contribution in [2.75, 3.05) is 0 Å². The highest BCUT2D eigenvalue weighted by Crippen LogP contribution is 2.54. The molecule has 1 aliphatic rings. The maximum Gasteiger partial charge on any atom is 0.506 e. The Kier molecular flexibility index (Phi) is 9.39. The third kappa shape index (κ3) is 6.12. The van der Waals surface area contributed by atoms with Crippen LogP contribution in [0.4, 0.5) is 4.79 Å². The molecule has 3 unspecified atom stereocenters. The highest BCUT2D eigenvalue weighted by atomic mass is 17.4. The molecule has 1 heterocycles. The maximum absolute atomic E-state index is 11.3. The summed E-state index contributed by atoms with van der Waals surface area (Å²) < 4.78 is 5.33. The summed E-state index contributed by atoms with van der Waals surface area (Å²) in [6.07, 6.45) is 8.42. The summed E-state index contributed by atoms with van der Waals surface area (Å²) in [4.78, 5) is 22.6. The quantitative estimate of drug-likeness (QED) is 0.212. The monoisotopic (exact) mass is 372 g/mol. The Morgan fingerprint density at radius 1 is 1.04 bits per heavy atom. The first-order chi connectivity index (χ1) is 12.3. The smallest absolute Gasteiger partial charge is 0.450 e. The van der Waals surface area contributed by atoms with Gasteiger partial charge in [-0.2, -0.15) is 9.78 Å². The SMILES string of the molecule is CCCCC(CC)CC(C(C)(C)OC(=O)O)C1(C(CC)CCCC)OO1. The molecule has 3 atom stereocenters. The molecule has 0 amide bonds. The maximum atomic E-state index is 11.3. The number of hydrogen-bond donors (Lipinski definition) is 1. The summed E-state index contributed by atoms with van der Waals surface area (Å²) in [6.45, 7) is 12.5. The lowest BCUT2D eigenvalue weighted by Gasteiger charge is -2.39. The van der Waals surface area contributed by atoms with E-state index in [0.29, 0.717) is 5.92 Å². The molecule has 1 aliphatic heterocycles. The van der Waals surface area contributed by atoms with Gasteiger partial charge in [-0.1, -0.05) is 66.2 Å². The largest absolute Gasteiger partial charge is 0.506 e. The summed E-state index contributed by atoms with van der Waals surface area (Å²) in [5.41, 5.74) is -0.860. The van der Waals surface area contributed by atoms with Gasteiger partial charge >= 0.3 is 6.16 Å². The van der Waals surface area contributed by atoms with Crippen molar-refractivity contribution in [3.05, 3.63) is 0 Å². The zero-order valence-electron chi connectivity index (χ0n) is 17.7. The van der Waals surface area contributed by atoms with Crippen molar-refractivity contribution < 1.29 is 24.4 Å². The molecule has 5 nitrogen and oxygen atoms in total. The molecule has 1 fully saturated rings. The highest BCUT2D eigenvalue weighted by molar-refractivity contribution is 5.57. The average Bonchev–Trinajstić information content (AvgIpc) is 3.35. The molecule has 1 N–H and O–H groups in total. The Morgan fingerprint density at radius 2 is 1.62 bits per heavy atom. The van der Waals surface area contributed by atoms with E-state index in [1.807, 2.05) is 13.8 Å². The van der Waals surface area contributed by atoms with Gasteiger partial charge < -0.3 is 9.84 Å². The van der Waals surface area contributed by atoms with Gasteiger partial charge in [0.25, 0.3) is 0 Å². The summed E-state index contributed by atoms with van der Waals surface area (Å²) >= 11 is 0. The Hall–Kier alpha value is -0.810. The molecule has 5 heteroatoms. The summed E-state index contributed by atoms with van der Waals surface area (Å²) in [5, 5.41) is 9.25. The lowest BCUT2D eigenvalue weighted by molar-refractivity contribution is -0.0798. The molecule has 0 aromatic rings. The lowest BCUT2D eigenvalue weighted by atomic mass is 9.71. The predicted octanol–water partition coefficient (Wildman–Crippen LogP) is 6.56. The summed E-state index contributed by atoms with van der Waals surface area (Å²) in [7, 11) is 0. The molecule has 26 heavy (non-hydrogen) atoms. The summed E-state index contributed by atoms with van der Waals surface area (Å²) in [5.74, 6) is -0.0461. The van der Waals surface area contributed by atoms with Crippen LogP contribution >= 0.6 is 0 Å². The van der Waals surface area contributed by atoms with Gasteiger partial charge in [0.1, 0.15) is 5.60 Å². The van der Waals surface area contributed by atoms with E-state index in [1.54, 1.807) is 0 Å². The van der Waals surface area contributed by atoms with Crippen LogP contribution in [0, 0.1) is 17.8 Å². The van der Waals surface area contributed by atoms with E-state index in [4.69, 9.17) is 14.5 Å². The molecule has 154 valence electrons. The van der Waals surface area contributed by atoms with Gasteiger partial charge in [0, 0.05) is 5.92 Å². The number of hydrogen-bond acceptors (Lipinski definition) is 4. The van der Waals surface area contributed by atoms with Crippen molar-refractivity contribution in [3.8, 4) is 0 Å². The van der Waals surface area contributed by atoms with E-state index in [1.165, 1.54) is 12.8 Å². The van der Waals surface area contributed by atoms with Gasteiger partial charge in [0.15, 0.2) is 0 Å². The minimum absolute atomic E-state index is 0.116. The van der Waals surface area contributed by atoms with Crippen LogP contribution in [-0.4, -0.2) is 22.7 Å². The van der Waals surface area contributed by atoms with Crippen molar-refractivity contribution in [3.63, 3.8) is 0 Å². The first-order valence-electron chi connectivity index (χ1n) is 10.6. The molecule has 0 spiro atoms. The van der Waals surface area contributed by atoms with Crippen LogP contribution in [0.5, 0.6) is 0 Å². The first-order valence-corrected chi connectivity index (χ1v) is 10.6. The molecule has 1 rings (SSSR count). The molecule has 0 bridgehead atoms. The minimum Gasteiger partial charge on any atom is -0.450 e. The van der Waals surface area contributed by atoms with Crippen LogP contribution < -0.4 is 0 Å². The van der Waals surface area contributed by atoms with Crippen molar-refractivity contribution in [1.82, 2.24) is 0 Å². The van der Waals surface area contributed by atoms with E-state index in [-0.39, 0.29) is 11.8 Å². The van der Waals surface area contributed by atoms with Crippen molar-refractivity contribution in [1.29, 1.82) is 0 Å². The normalized spacial score (nSPS) is 19.6. The number of unbranched alkanes of at least 4 members (excludes halogenated alkanes) is 2. The Bertz CT molecular complexity index is 417. The molecule has 0 radical (unpaired) electrons. The number of rotatable bonds is 14.